The molecule has 0 saturated carbocycles. The molecule has 0 fully saturated rings. The van der Waals surface area contributed by atoms with Crippen molar-refractivity contribution in [3.8, 4) is 11.1 Å². The lowest BCUT2D eigenvalue weighted by Crippen LogP contribution is -2.08. The van der Waals surface area contributed by atoms with Crippen LogP contribution in [0.15, 0.2) is 30.5 Å². The monoisotopic (exact) mass is 234 g/mol. The highest BCUT2D eigenvalue weighted by Crippen LogP contribution is 2.22. The van der Waals surface area contributed by atoms with E-state index in [4.69, 9.17) is 5.11 Å². The quantitative estimate of drug-likeness (QED) is 0.884. The van der Waals surface area contributed by atoms with E-state index in [1.165, 1.54) is 16.8 Å². The van der Waals surface area contributed by atoms with Gasteiger partial charge in [-0.3, -0.25) is 9.48 Å². The van der Waals surface area contributed by atoms with Gasteiger partial charge in [-0.15, -0.1) is 0 Å². The molecule has 1 N–H and O–H groups in total. The molecule has 88 valence electrons. The van der Waals surface area contributed by atoms with Crippen LogP contribution in [0.25, 0.3) is 11.1 Å². The molecule has 0 radical (unpaired) electrons. The molecule has 2 rings (SSSR count). The third kappa shape index (κ3) is 2.50. The van der Waals surface area contributed by atoms with E-state index in [-0.39, 0.29) is 12.4 Å². The van der Waals surface area contributed by atoms with Crippen LogP contribution in [-0.2, 0) is 11.3 Å². The van der Waals surface area contributed by atoms with Gasteiger partial charge in [-0.2, -0.15) is 5.10 Å². The molecule has 0 atom stereocenters. The second kappa shape index (κ2) is 4.37. The summed E-state index contributed by atoms with van der Waals surface area (Å²) in [6.45, 7) is 1.61. The van der Waals surface area contributed by atoms with Gasteiger partial charge in [0.2, 0.25) is 0 Å². The third-order valence-electron chi connectivity index (χ3n) is 2.40. The first kappa shape index (κ1) is 11.3. The van der Waals surface area contributed by atoms with E-state index in [1.807, 2.05) is 0 Å². The maximum atomic E-state index is 12.8. The van der Waals surface area contributed by atoms with E-state index in [2.05, 4.69) is 5.10 Å². The normalized spacial score (nSPS) is 10.5. The summed E-state index contributed by atoms with van der Waals surface area (Å²) in [4.78, 5) is 10.6. The van der Waals surface area contributed by atoms with Crippen molar-refractivity contribution in [3.05, 3.63) is 42.0 Å². The van der Waals surface area contributed by atoms with Gasteiger partial charge in [0.25, 0.3) is 0 Å². The first-order chi connectivity index (χ1) is 8.06. The zero-order valence-electron chi connectivity index (χ0n) is 9.22. The van der Waals surface area contributed by atoms with Gasteiger partial charge in [0.05, 0.1) is 5.69 Å². The summed E-state index contributed by atoms with van der Waals surface area (Å²) in [5.41, 5.74) is 2.35. The van der Waals surface area contributed by atoms with E-state index < -0.39 is 5.97 Å². The predicted molar refractivity (Wildman–Crippen MR) is 60.0 cm³/mol. The number of hydrogen-bond donors (Lipinski definition) is 1. The van der Waals surface area contributed by atoms with Gasteiger partial charge < -0.3 is 5.11 Å². The van der Waals surface area contributed by atoms with Crippen molar-refractivity contribution >= 4 is 5.97 Å². The summed E-state index contributed by atoms with van der Waals surface area (Å²) >= 11 is 0. The molecule has 17 heavy (non-hydrogen) atoms. The lowest BCUT2D eigenvalue weighted by atomic mass is 10.1. The molecule has 0 spiro atoms. The molecule has 0 unspecified atom stereocenters. The van der Waals surface area contributed by atoms with Crippen molar-refractivity contribution in [2.75, 3.05) is 0 Å². The van der Waals surface area contributed by atoms with Gasteiger partial charge in [0.1, 0.15) is 12.4 Å². The Hall–Kier alpha value is -2.17. The molecule has 1 aromatic carbocycles. The summed E-state index contributed by atoms with van der Waals surface area (Å²) in [5, 5.41) is 12.8. The van der Waals surface area contributed by atoms with Crippen LogP contribution in [0.3, 0.4) is 0 Å². The third-order valence-corrected chi connectivity index (χ3v) is 2.40. The fourth-order valence-corrected chi connectivity index (χ4v) is 1.65. The van der Waals surface area contributed by atoms with E-state index >= 15 is 0 Å². The van der Waals surface area contributed by atoms with Gasteiger partial charge in [0, 0.05) is 11.8 Å². The average molecular weight is 234 g/mol. The number of halogens is 1. The van der Waals surface area contributed by atoms with E-state index in [1.54, 1.807) is 25.3 Å². The number of aryl methyl sites for hydroxylation is 1. The molecule has 2 aromatic rings. The smallest absolute Gasteiger partial charge is 0.325 e. The number of carboxylic acids is 1. The topological polar surface area (TPSA) is 55.1 Å². The van der Waals surface area contributed by atoms with Crippen LogP contribution in [0.4, 0.5) is 4.39 Å². The number of aliphatic carboxylic acids is 1. The Kier molecular flexibility index (Phi) is 2.91. The fraction of sp³-hybridized carbons (Fsp3) is 0.167. The number of hydrogen-bond acceptors (Lipinski definition) is 2. The van der Waals surface area contributed by atoms with Crippen LogP contribution < -0.4 is 0 Å². The number of benzene rings is 1. The van der Waals surface area contributed by atoms with Crippen molar-refractivity contribution in [3.63, 3.8) is 0 Å². The standard InChI is InChI=1S/C12H11FN2O2/c1-8-11(6-15(14-8)7-12(16)17)9-2-4-10(13)5-3-9/h2-6H,7H2,1H3,(H,16,17). The molecule has 0 aliphatic heterocycles. The number of carbonyl (C=O) groups is 1. The summed E-state index contributed by atoms with van der Waals surface area (Å²) in [6, 6.07) is 6.02. The van der Waals surface area contributed by atoms with Crippen molar-refractivity contribution < 1.29 is 14.3 Å². The van der Waals surface area contributed by atoms with Gasteiger partial charge in [-0.25, -0.2) is 4.39 Å². The van der Waals surface area contributed by atoms with Crippen molar-refractivity contribution in [2.24, 2.45) is 0 Å². The maximum absolute atomic E-state index is 12.8. The Morgan fingerprint density at radius 1 is 1.41 bits per heavy atom. The van der Waals surface area contributed by atoms with Crippen LogP contribution in [0, 0.1) is 12.7 Å². The average Bonchev–Trinajstić information content (AvgIpc) is 2.59. The number of carboxylic acid groups (broad SMARTS) is 1. The molecular formula is C12H11FN2O2. The summed E-state index contributed by atoms with van der Waals surface area (Å²) < 4.78 is 14.1. The second-order valence-corrected chi connectivity index (χ2v) is 3.73. The second-order valence-electron chi connectivity index (χ2n) is 3.73. The molecule has 5 heteroatoms. The minimum atomic E-state index is -0.946. The first-order valence-corrected chi connectivity index (χ1v) is 5.08. The van der Waals surface area contributed by atoms with Crippen LogP contribution in [0.5, 0.6) is 0 Å². The molecule has 0 aliphatic rings. The van der Waals surface area contributed by atoms with Crippen molar-refractivity contribution in [2.45, 2.75) is 13.5 Å². The van der Waals surface area contributed by atoms with E-state index in [0.717, 1.165) is 16.8 Å². The van der Waals surface area contributed by atoms with Crippen LogP contribution in [-0.4, -0.2) is 20.9 Å². The lowest BCUT2D eigenvalue weighted by molar-refractivity contribution is -0.137. The Morgan fingerprint density at radius 2 is 2.06 bits per heavy atom. The van der Waals surface area contributed by atoms with Gasteiger partial charge in [0.15, 0.2) is 0 Å². The summed E-state index contributed by atoms with van der Waals surface area (Å²) in [6.07, 6.45) is 1.65. The molecule has 0 bridgehead atoms. The maximum Gasteiger partial charge on any atom is 0.325 e. The highest BCUT2D eigenvalue weighted by molar-refractivity contribution is 5.68. The molecule has 1 heterocycles. The molecule has 0 amide bonds. The molecule has 4 nitrogen and oxygen atoms in total. The Labute approximate surface area is 97.3 Å². The number of rotatable bonds is 3. The summed E-state index contributed by atoms with van der Waals surface area (Å²) in [5.74, 6) is -1.25. The molecule has 0 saturated heterocycles. The molecular weight excluding hydrogens is 223 g/mol. The van der Waals surface area contributed by atoms with Crippen LogP contribution >= 0.6 is 0 Å². The molecule has 1 aromatic heterocycles. The largest absolute Gasteiger partial charge is 0.480 e. The van der Waals surface area contributed by atoms with Gasteiger partial charge in [-0.1, -0.05) is 12.1 Å². The Bertz CT molecular complexity index is 546. The van der Waals surface area contributed by atoms with Gasteiger partial charge in [-0.05, 0) is 24.6 Å². The van der Waals surface area contributed by atoms with E-state index in [9.17, 15) is 9.18 Å². The Morgan fingerprint density at radius 3 is 2.65 bits per heavy atom. The fourth-order valence-electron chi connectivity index (χ4n) is 1.65. The summed E-state index contributed by atoms with van der Waals surface area (Å²) in [7, 11) is 0. The highest BCUT2D eigenvalue weighted by atomic mass is 19.1. The van der Waals surface area contributed by atoms with Crippen molar-refractivity contribution in [1.82, 2.24) is 9.78 Å². The minimum absolute atomic E-state index is 0.179. The zero-order valence-corrected chi connectivity index (χ0v) is 9.22. The minimum Gasteiger partial charge on any atom is -0.480 e. The van der Waals surface area contributed by atoms with Crippen LogP contribution in [0.2, 0.25) is 0 Å². The zero-order chi connectivity index (χ0) is 12.4. The predicted octanol–water partition coefficient (Wildman–Crippen LogP) is 2.08. The first-order valence-electron chi connectivity index (χ1n) is 5.08. The lowest BCUT2D eigenvalue weighted by Gasteiger charge is -1.97. The number of nitrogens with zero attached hydrogens (tertiary/aromatic N) is 2. The van der Waals surface area contributed by atoms with Gasteiger partial charge >= 0.3 is 5.97 Å². The SMILES string of the molecule is Cc1nn(CC(=O)O)cc1-c1ccc(F)cc1. The van der Waals surface area contributed by atoms with Crippen LogP contribution in [0.1, 0.15) is 5.69 Å². The van der Waals surface area contributed by atoms with Crippen molar-refractivity contribution in [1.29, 1.82) is 0 Å². The molecule has 0 aliphatic carbocycles. The number of aromatic nitrogens is 2. The Balaban J connectivity index is 2.35. The highest BCUT2D eigenvalue weighted by Gasteiger charge is 2.09. The van der Waals surface area contributed by atoms with E-state index in [0.29, 0.717) is 0 Å².